The third-order valence-corrected chi connectivity index (χ3v) is 4.39. The van der Waals surface area contributed by atoms with E-state index in [1.54, 1.807) is 0 Å². The lowest BCUT2D eigenvalue weighted by atomic mass is 10.0. The summed E-state index contributed by atoms with van der Waals surface area (Å²) in [5.74, 6) is 0. The van der Waals surface area contributed by atoms with Crippen LogP contribution < -0.4 is 0 Å². The topological polar surface area (TPSA) is 32.8 Å². The summed E-state index contributed by atoms with van der Waals surface area (Å²) in [6.45, 7) is 14.6. The molecule has 0 aliphatic carbocycles. The standard InChI is InChI=1S/C19H30N2O2/c1-14-7-9-17(10-8-14)16(3)21-12-11-20(13-15(21)2)18(22)23-19(4,5)6/h7-10,15-16H,11-13H2,1-6H3/t15-,16-/m0/s1. The lowest BCUT2D eigenvalue weighted by Gasteiger charge is -2.43. The van der Waals surface area contributed by atoms with Gasteiger partial charge in [-0.05, 0) is 47.1 Å². The van der Waals surface area contributed by atoms with Crippen LogP contribution in [-0.4, -0.2) is 47.2 Å². The second kappa shape index (κ2) is 6.91. The Kier molecular flexibility index (Phi) is 5.35. The van der Waals surface area contributed by atoms with Crippen molar-refractivity contribution >= 4 is 6.09 Å². The predicted molar refractivity (Wildman–Crippen MR) is 93.6 cm³/mol. The summed E-state index contributed by atoms with van der Waals surface area (Å²) in [4.78, 5) is 16.5. The van der Waals surface area contributed by atoms with Crippen LogP contribution in [0.2, 0.25) is 0 Å². The van der Waals surface area contributed by atoms with Crippen molar-refractivity contribution in [3.8, 4) is 0 Å². The first-order valence-electron chi connectivity index (χ1n) is 8.47. The lowest BCUT2D eigenvalue weighted by Crippen LogP contribution is -2.54. The Labute approximate surface area is 140 Å². The number of aryl methyl sites for hydroxylation is 1. The molecule has 0 unspecified atom stereocenters. The van der Waals surface area contributed by atoms with Gasteiger partial charge in [-0.3, -0.25) is 4.90 Å². The maximum Gasteiger partial charge on any atom is 0.410 e. The Morgan fingerprint density at radius 3 is 2.35 bits per heavy atom. The molecule has 2 rings (SSSR count). The minimum absolute atomic E-state index is 0.202. The van der Waals surface area contributed by atoms with E-state index in [9.17, 15) is 4.79 Å². The molecule has 1 fully saturated rings. The van der Waals surface area contributed by atoms with Gasteiger partial charge in [0.05, 0.1) is 0 Å². The molecular weight excluding hydrogens is 288 g/mol. The molecular formula is C19H30N2O2. The molecule has 1 aromatic carbocycles. The van der Waals surface area contributed by atoms with Gasteiger partial charge in [-0.2, -0.15) is 0 Å². The predicted octanol–water partition coefficient (Wildman–Crippen LogP) is 4.00. The number of ether oxygens (including phenoxy) is 1. The van der Waals surface area contributed by atoms with E-state index < -0.39 is 5.60 Å². The molecule has 128 valence electrons. The Bertz CT molecular complexity index is 533. The Hall–Kier alpha value is -1.55. The zero-order chi connectivity index (χ0) is 17.2. The van der Waals surface area contributed by atoms with E-state index in [0.717, 1.165) is 13.1 Å². The fourth-order valence-corrected chi connectivity index (χ4v) is 3.08. The molecule has 0 radical (unpaired) electrons. The van der Waals surface area contributed by atoms with Gasteiger partial charge in [-0.1, -0.05) is 29.8 Å². The molecule has 1 aromatic rings. The quantitative estimate of drug-likeness (QED) is 0.826. The normalized spacial score (nSPS) is 21.1. The zero-order valence-corrected chi connectivity index (χ0v) is 15.3. The summed E-state index contributed by atoms with van der Waals surface area (Å²) in [5, 5.41) is 0. The Morgan fingerprint density at radius 1 is 1.22 bits per heavy atom. The monoisotopic (exact) mass is 318 g/mol. The molecule has 4 heteroatoms. The fourth-order valence-electron chi connectivity index (χ4n) is 3.08. The lowest BCUT2D eigenvalue weighted by molar-refractivity contribution is -0.000713. The van der Waals surface area contributed by atoms with Gasteiger partial charge in [0, 0.05) is 31.7 Å². The third kappa shape index (κ3) is 4.71. The van der Waals surface area contributed by atoms with Crippen molar-refractivity contribution in [3.63, 3.8) is 0 Å². The molecule has 0 spiro atoms. The van der Waals surface area contributed by atoms with Crippen LogP contribution in [0.5, 0.6) is 0 Å². The van der Waals surface area contributed by atoms with Gasteiger partial charge in [0.15, 0.2) is 0 Å². The first kappa shape index (κ1) is 17.8. The molecule has 1 aliphatic heterocycles. The minimum atomic E-state index is -0.438. The van der Waals surface area contributed by atoms with E-state index in [-0.39, 0.29) is 6.09 Å². The van der Waals surface area contributed by atoms with E-state index in [0.29, 0.717) is 18.6 Å². The highest BCUT2D eigenvalue weighted by molar-refractivity contribution is 5.68. The van der Waals surface area contributed by atoms with Crippen LogP contribution in [0.15, 0.2) is 24.3 Å². The Balaban J connectivity index is 1.98. The number of carbonyl (C=O) groups is 1. The number of amides is 1. The molecule has 0 saturated carbocycles. The van der Waals surface area contributed by atoms with Crippen molar-refractivity contribution < 1.29 is 9.53 Å². The molecule has 0 aromatic heterocycles. The number of piperazine rings is 1. The van der Waals surface area contributed by atoms with Crippen LogP contribution >= 0.6 is 0 Å². The molecule has 1 aliphatic rings. The van der Waals surface area contributed by atoms with Crippen molar-refractivity contribution in [2.75, 3.05) is 19.6 Å². The summed E-state index contributed by atoms with van der Waals surface area (Å²) >= 11 is 0. The second-order valence-corrected chi connectivity index (χ2v) is 7.60. The van der Waals surface area contributed by atoms with Crippen LogP contribution in [0, 0.1) is 6.92 Å². The maximum absolute atomic E-state index is 12.2. The van der Waals surface area contributed by atoms with Crippen LogP contribution in [0.1, 0.15) is 51.8 Å². The molecule has 2 atom stereocenters. The molecule has 1 amide bonds. The van der Waals surface area contributed by atoms with Crippen molar-refractivity contribution in [1.82, 2.24) is 9.80 Å². The Morgan fingerprint density at radius 2 is 1.83 bits per heavy atom. The number of hydrogen-bond donors (Lipinski definition) is 0. The summed E-state index contributed by atoms with van der Waals surface area (Å²) in [6, 6.07) is 9.39. The van der Waals surface area contributed by atoms with Gasteiger partial charge in [0.25, 0.3) is 0 Å². The van der Waals surface area contributed by atoms with Gasteiger partial charge >= 0.3 is 6.09 Å². The second-order valence-electron chi connectivity index (χ2n) is 7.60. The molecule has 23 heavy (non-hydrogen) atoms. The maximum atomic E-state index is 12.2. The minimum Gasteiger partial charge on any atom is -0.444 e. The number of rotatable bonds is 2. The van der Waals surface area contributed by atoms with E-state index in [1.165, 1.54) is 11.1 Å². The summed E-state index contributed by atoms with van der Waals surface area (Å²) in [5.41, 5.74) is 2.17. The van der Waals surface area contributed by atoms with E-state index in [1.807, 2.05) is 25.7 Å². The van der Waals surface area contributed by atoms with E-state index in [4.69, 9.17) is 4.74 Å². The van der Waals surface area contributed by atoms with E-state index >= 15 is 0 Å². The smallest absolute Gasteiger partial charge is 0.410 e. The van der Waals surface area contributed by atoms with Gasteiger partial charge in [-0.25, -0.2) is 4.79 Å². The first-order chi connectivity index (χ1) is 10.7. The highest BCUT2D eigenvalue weighted by Gasteiger charge is 2.32. The zero-order valence-electron chi connectivity index (χ0n) is 15.3. The first-order valence-corrected chi connectivity index (χ1v) is 8.47. The van der Waals surface area contributed by atoms with Crippen LogP contribution in [-0.2, 0) is 4.74 Å². The van der Waals surface area contributed by atoms with Gasteiger partial charge in [0.2, 0.25) is 0 Å². The van der Waals surface area contributed by atoms with Crippen molar-refractivity contribution in [3.05, 3.63) is 35.4 Å². The van der Waals surface area contributed by atoms with Crippen molar-refractivity contribution in [1.29, 1.82) is 0 Å². The third-order valence-electron chi connectivity index (χ3n) is 4.39. The number of hydrogen-bond acceptors (Lipinski definition) is 3. The summed E-state index contributed by atoms with van der Waals surface area (Å²) < 4.78 is 5.49. The summed E-state index contributed by atoms with van der Waals surface area (Å²) in [7, 11) is 0. The fraction of sp³-hybridized carbons (Fsp3) is 0.632. The van der Waals surface area contributed by atoms with E-state index in [2.05, 4.69) is 49.9 Å². The number of nitrogens with zero attached hydrogens (tertiary/aromatic N) is 2. The molecule has 4 nitrogen and oxygen atoms in total. The van der Waals surface area contributed by atoms with Gasteiger partial charge < -0.3 is 9.64 Å². The number of benzene rings is 1. The molecule has 0 N–H and O–H groups in total. The highest BCUT2D eigenvalue weighted by atomic mass is 16.6. The van der Waals surface area contributed by atoms with Crippen molar-refractivity contribution in [2.45, 2.75) is 59.2 Å². The number of carbonyl (C=O) groups excluding carboxylic acids is 1. The largest absolute Gasteiger partial charge is 0.444 e. The SMILES string of the molecule is Cc1ccc([C@H](C)N2CCN(C(=O)OC(C)(C)C)C[C@@H]2C)cc1. The van der Waals surface area contributed by atoms with Crippen molar-refractivity contribution in [2.24, 2.45) is 0 Å². The average molecular weight is 318 g/mol. The molecule has 1 saturated heterocycles. The molecule has 1 heterocycles. The average Bonchev–Trinajstić information content (AvgIpc) is 2.45. The van der Waals surface area contributed by atoms with Crippen LogP contribution in [0.4, 0.5) is 4.79 Å². The van der Waals surface area contributed by atoms with Gasteiger partial charge in [0.1, 0.15) is 5.60 Å². The summed E-state index contributed by atoms with van der Waals surface area (Å²) in [6.07, 6.45) is -0.202. The van der Waals surface area contributed by atoms with Crippen LogP contribution in [0.3, 0.4) is 0 Å². The van der Waals surface area contributed by atoms with Crippen LogP contribution in [0.25, 0.3) is 0 Å². The van der Waals surface area contributed by atoms with Gasteiger partial charge in [-0.15, -0.1) is 0 Å². The highest BCUT2D eigenvalue weighted by Crippen LogP contribution is 2.25. The molecule has 0 bridgehead atoms.